The number of hydrogen-bond donors (Lipinski definition) is 1. The van der Waals surface area contributed by atoms with E-state index in [1.54, 1.807) is 4.90 Å². The summed E-state index contributed by atoms with van der Waals surface area (Å²) in [6.07, 6.45) is 0.375. The van der Waals surface area contributed by atoms with E-state index < -0.39 is 0 Å². The molecule has 100 valence electrons. The number of ether oxygens (including phenoxy) is 1. The van der Waals surface area contributed by atoms with Gasteiger partial charge in [0, 0.05) is 31.6 Å². The highest BCUT2D eigenvalue weighted by atomic mass is 16.5. The number of carbonyl (C=O) groups is 2. The highest BCUT2D eigenvalue weighted by molar-refractivity contribution is 5.95. The number of carbonyl (C=O) groups excluding carboxylic acids is 2. The smallest absolute Gasteiger partial charge is 0.253 e. The van der Waals surface area contributed by atoms with Crippen molar-refractivity contribution in [1.82, 2.24) is 10.2 Å². The Morgan fingerprint density at radius 2 is 2.05 bits per heavy atom. The molecule has 1 saturated heterocycles. The Morgan fingerprint density at radius 3 is 2.95 bits per heavy atom. The topological polar surface area (TPSA) is 58.6 Å². The fourth-order valence-electron chi connectivity index (χ4n) is 2.46. The second-order valence-corrected chi connectivity index (χ2v) is 4.87. The van der Waals surface area contributed by atoms with Crippen LogP contribution in [-0.4, -0.2) is 36.3 Å². The summed E-state index contributed by atoms with van der Waals surface area (Å²) in [5.41, 5.74) is 2.93. The first kappa shape index (κ1) is 12.2. The van der Waals surface area contributed by atoms with Crippen LogP contribution >= 0.6 is 0 Å². The third-order valence-electron chi connectivity index (χ3n) is 3.57. The second kappa shape index (κ2) is 5.01. The van der Waals surface area contributed by atoms with Gasteiger partial charge >= 0.3 is 0 Å². The Kier molecular flexibility index (Phi) is 3.21. The molecule has 2 aliphatic rings. The van der Waals surface area contributed by atoms with Crippen molar-refractivity contribution in [3.63, 3.8) is 0 Å². The molecule has 2 aliphatic heterocycles. The molecule has 3 rings (SSSR count). The van der Waals surface area contributed by atoms with Crippen LogP contribution in [0.5, 0.6) is 0 Å². The van der Waals surface area contributed by atoms with Crippen LogP contribution < -0.4 is 5.32 Å². The lowest BCUT2D eigenvalue weighted by molar-refractivity contribution is -0.120. The van der Waals surface area contributed by atoms with Gasteiger partial charge in [-0.15, -0.1) is 0 Å². The lowest BCUT2D eigenvalue weighted by atomic mass is 10.1. The lowest BCUT2D eigenvalue weighted by Gasteiger charge is -2.19. The van der Waals surface area contributed by atoms with Crippen molar-refractivity contribution in [1.29, 1.82) is 0 Å². The molecule has 5 heteroatoms. The molecular weight excluding hydrogens is 244 g/mol. The fraction of sp³-hybridized carbons (Fsp3) is 0.429. The number of rotatable bonds is 1. The van der Waals surface area contributed by atoms with Crippen LogP contribution in [0.2, 0.25) is 0 Å². The SMILES string of the molecule is O=C1CCN(C(=O)c2ccc3c(c2)COC3)CCN1. The van der Waals surface area contributed by atoms with Crippen LogP contribution in [0, 0.1) is 0 Å². The standard InChI is InChI=1S/C14H16N2O3/c17-13-3-5-16(6-4-15-13)14(18)10-1-2-11-8-19-9-12(11)7-10/h1-2,7H,3-6,8-9H2,(H,15,17). The van der Waals surface area contributed by atoms with Gasteiger partial charge in [0.05, 0.1) is 13.2 Å². The molecule has 1 fully saturated rings. The molecule has 5 nitrogen and oxygen atoms in total. The molecule has 0 saturated carbocycles. The molecule has 1 aromatic carbocycles. The average molecular weight is 260 g/mol. The van der Waals surface area contributed by atoms with Crippen molar-refractivity contribution in [2.45, 2.75) is 19.6 Å². The first-order valence-corrected chi connectivity index (χ1v) is 6.49. The Bertz CT molecular complexity index is 527. The summed E-state index contributed by atoms with van der Waals surface area (Å²) in [7, 11) is 0. The van der Waals surface area contributed by atoms with Crippen molar-refractivity contribution in [2.75, 3.05) is 19.6 Å². The first-order chi connectivity index (χ1) is 9.24. The molecule has 0 spiro atoms. The maximum absolute atomic E-state index is 12.4. The Labute approximate surface area is 111 Å². The van der Waals surface area contributed by atoms with E-state index in [-0.39, 0.29) is 11.8 Å². The lowest BCUT2D eigenvalue weighted by Crippen LogP contribution is -2.34. The van der Waals surface area contributed by atoms with Crippen LogP contribution in [0.3, 0.4) is 0 Å². The first-order valence-electron chi connectivity index (χ1n) is 6.49. The summed E-state index contributed by atoms with van der Waals surface area (Å²) < 4.78 is 5.35. The normalized spacial score (nSPS) is 18.7. The molecule has 0 aromatic heterocycles. The molecule has 0 bridgehead atoms. The van der Waals surface area contributed by atoms with Gasteiger partial charge < -0.3 is 15.0 Å². The molecular formula is C14H16N2O3. The minimum atomic E-state index is -0.00815. The van der Waals surface area contributed by atoms with E-state index >= 15 is 0 Å². The van der Waals surface area contributed by atoms with Gasteiger partial charge in [0.25, 0.3) is 5.91 Å². The van der Waals surface area contributed by atoms with E-state index in [0.29, 0.717) is 44.8 Å². The molecule has 0 aliphatic carbocycles. The monoisotopic (exact) mass is 260 g/mol. The van der Waals surface area contributed by atoms with Crippen LogP contribution in [0.25, 0.3) is 0 Å². The molecule has 0 radical (unpaired) electrons. The van der Waals surface area contributed by atoms with Gasteiger partial charge in [0.1, 0.15) is 0 Å². The zero-order chi connectivity index (χ0) is 13.2. The third kappa shape index (κ3) is 2.46. The minimum Gasteiger partial charge on any atom is -0.372 e. The predicted octanol–water partition coefficient (Wildman–Crippen LogP) is 0.679. The van der Waals surface area contributed by atoms with E-state index in [1.807, 2.05) is 18.2 Å². The summed E-state index contributed by atoms with van der Waals surface area (Å²) in [4.78, 5) is 25.4. The van der Waals surface area contributed by atoms with Crippen molar-refractivity contribution >= 4 is 11.8 Å². The van der Waals surface area contributed by atoms with Gasteiger partial charge in [-0.3, -0.25) is 9.59 Å². The molecule has 0 unspecified atom stereocenters. The van der Waals surface area contributed by atoms with Gasteiger partial charge in [0.2, 0.25) is 5.91 Å². The number of nitrogens with zero attached hydrogens (tertiary/aromatic N) is 1. The van der Waals surface area contributed by atoms with Gasteiger partial charge in [-0.05, 0) is 23.3 Å². The molecule has 2 heterocycles. The average Bonchev–Trinajstić information content (AvgIpc) is 2.78. The van der Waals surface area contributed by atoms with Crippen LogP contribution in [0.4, 0.5) is 0 Å². The van der Waals surface area contributed by atoms with E-state index in [0.717, 1.165) is 11.1 Å². The zero-order valence-electron chi connectivity index (χ0n) is 10.6. The number of hydrogen-bond acceptors (Lipinski definition) is 3. The van der Waals surface area contributed by atoms with Crippen LogP contribution in [0.1, 0.15) is 27.9 Å². The number of fused-ring (bicyclic) bond motifs is 1. The quantitative estimate of drug-likeness (QED) is 0.807. The van der Waals surface area contributed by atoms with E-state index in [4.69, 9.17) is 4.74 Å². The molecule has 1 aromatic rings. The van der Waals surface area contributed by atoms with Crippen LogP contribution in [-0.2, 0) is 22.7 Å². The predicted molar refractivity (Wildman–Crippen MR) is 68.5 cm³/mol. The molecule has 2 amide bonds. The maximum Gasteiger partial charge on any atom is 0.253 e. The highest BCUT2D eigenvalue weighted by Crippen LogP contribution is 2.21. The van der Waals surface area contributed by atoms with Crippen molar-refractivity contribution in [3.8, 4) is 0 Å². The summed E-state index contributed by atoms with van der Waals surface area (Å²) in [6.45, 7) is 2.79. The molecule has 1 N–H and O–H groups in total. The van der Waals surface area contributed by atoms with Crippen molar-refractivity contribution in [2.24, 2.45) is 0 Å². The van der Waals surface area contributed by atoms with Crippen LogP contribution in [0.15, 0.2) is 18.2 Å². The number of amides is 2. The minimum absolute atomic E-state index is 0.00815. The van der Waals surface area contributed by atoms with Crippen molar-refractivity contribution in [3.05, 3.63) is 34.9 Å². The van der Waals surface area contributed by atoms with Crippen molar-refractivity contribution < 1.29 is 14.3 Å². The Balaban J connectivity index is 1.77. The number of nitrogens with one attached hydrogen (secondary N) is 1. The second-order valence-electron chi connectivity index (χ2n) is 4.87. The fourth-order valence-corrected chi connectivity index (χ4v) is 2.46. The van der Waals surface area contributed by atoms with E-state index in [9.17, 15) is 9.59 Å². The van der Waals surface area contributed by atoms with E-state index in [1.165, 1.54) is 0 Å². The van der Waals surface area contributed by atoms with E-state index in [2.05, 4.69) is 5.32 Å². The number of benzene rings is 1. The molecule has 0 atom stereocenters. The Morgan fingerprint density at radius 1 is 1.21 bits per heavy atom. The summed E-state index contributed by atoms with van der Waals surface area (Å²) in [5, 5.41) is 2.77. The maximum atomic E-state index is 12.4. The largest absolute Gasteiger partial charge is 0.372 e. The zero-order valence-corrected chi connectivity index (χ0v) is 10.6. The Hall–Kier alpha value is -1.88. The summed E-state index contributed by atoms with van der Waals surface area (Å²) in [5.74, 6) is 0.00357. The van der Waals surface area contributed by atoms with Gasteiger partial charge in [-0.1, -0.05) is 6.07 Å². The summed E-state index contributed by atoms with van der Waals surface area (Å²) >= 11 is 0. The van der Waals surface area contributed by atoms with Gasteiger partial charge in [-0.2, -0.15) is 0 Å². The third-order valence-corrected chi connectivity index (χ3v) is 3.57. The highest BCUT2D eigenvalue weighted by Gasteiger charge is 2.21. The van der Waals surface area contributed by atoms with Gasteiger partial charge in [0.15, 0.2) is 0 Å². The summed E-state index contributed by atoms with van der Waals surface area (Å²) in [6, 6.07) is 5.71. The van der Waals surface area contributed by atoms with Gasteiger partial charge in [-0.25, -0.2) is 0 Å². The molecule has 19 heavy (non-hydrogen) atoms.